The average molecular weight is 271 g/mol. The van der Waals surface area contributed by atoms with Crippen LogP contribution in [0.25, 0.3) is 0 Å². The molecule has 1 fully saturated rings. The lowest BCUT2D eigenvalue weighted by Crippen LogP contribution is -2.15. The number of hydrogen-bond acceptors (Lipinski definition) is 3. The van der Waals surface area contributed by atoms with Crippen LogP contribution in [0.5, 0.6) is 0 Å². The number of nitrogens with one attached hydrogen (secondary N) is 1. The normalized spacial score (nSPS) is 15.3. The van der Waals surface area contributed by atoms with Gasteiger partial charge in [-0.25, -0.2) is 0 Å². The van der Waals surface area contributed by atoms with Crippen LogP contribution in [0.3, 0.4) is 0 Å². The van der Waals surface area contributed by atoms with Gasteiger partial charge in [-0.1, -0.05) is 15.9 Å². The summed E-state index contributed by atoms with van der Waals surface area (Å²) in [5.74, 6) is 0. The van der Waals surface area contributed by atoms with Gasteiger partial charge in [0.05, 0.1) is 4.92 Å². The van der Waals surface area contributed by atoms with Crippen molar-refractivity contribution in [3.63, 3.8) is 0 Å². The Morgan fingerprint density at radius 3 is 2.80 bits per heavy atom. The Kier molecular flexibility index (Phi) is 3.02. The van der Waals surface area contributed by atoms with Gasteiger partial charge in [0.1, 0.15) is 0 Å². The number of nitro groups is 1. The summed E-state index contributed by atoms with van der Waals surface area (Å²) in [6.07, 6.45) is 2.48. The fourth-order valence-electron chi connectivity index (χ4n) is 1.33. The van der Waals surface area contributed by atoms with Crippen molar-refractivity contribution in [3.05, 3.63) is 38.3 Å². The van der Waals surface area contributed by atoms with E-state index in [9.17, 15) is 10.1 Å². The summed E-state index contributed by atoms with van der Waals surface area (Å²) in [6.45, 7) is 0.767. The van der Waals surface area contributed by atoms with Crippen molar-refractivity contribution >= 4 is 21.6 Å². The Morgan fingerprint density at radius 1 is 1.53 bits per heavy atom. The first kappa shape index (κ1) is 10.6. The lowest BCUT2D eigenvalue weighted by Gasteiger charge is -2.05. The van der Waals surface area contributed by atoms with Gasteiger partial charge in [0, 0.05) is 29.2 Å². The molecule has 0 atom stereocenters. The number of nitrogens with zero attached hydrogens (tertiary/aromatic N) is 1. The topological polar surface area (TPSA) is 55.2 Å². The minimum absolute atomic E-state index is 0.122. The number of halogens is 1. The molecule has 4 nitrogen and oxygen atoms in total. The Bertz CT molecular complexity index is 391. The van der Waals surface area contributed by atoms with E-state index in [0.717, 1.165) is 16.6 Å². The molecule has 2 rings (SSSR count). The smallest absolute Gasteiger partial charge is 0.270 e. The molecule has 0 spiro atoms. The molecule has 1 N–H and O–H groups in total. The highest BCUT2D eigenvalue weighted by Crippen LogP contribution is 2.24. The number of hydrogen-bond donors (Lipinski definition) is 1. The zero-order valence-electron chi connectivity index (χ0n) is 8.07. The van der Waals surface area contributed by atoms with Crippen LogP contribution in [0.2, 0.25) is 0 Å². The monoisotopic (exact) mass is 270 g/mol. The van der Waals surface area contributed by atoms with Crippen molar-refractivity contribution in [2.45, 2.75) is 25.4 Å². The number of rotatable bonds is 4. The molecule has 1 aliphatic carbocycles. The first-order valence-electron chi connectivity index (χ1n) is 4.83. The maximum absolute atomic E-state index is 10.5. The predicted octanol–water partition coefficient (Wildman–Crippen LogP) is 2.61. The molecule has 15 heavy (non-hydrogen) atoms. The molecule has 0 aliphatic heterocycles. The van der Waals surface area contributed by atoms with E-state index in [1.807, 2.05) is 0 Å². The molecule has 1 saturated carbocycles. The van der Waals surface area contributed by atoms with Crippen molar-refractivity contribution in [1.82, 2.24) is 5.32 Å². The summed E-state index contributed by atoms with van der Waals surface area (Å²) in [4.78, 5) is 10.1. The van der Waals surface area contributed by atoms with Crippen LogP contribution < -0.4 is 5.32 Å². The summed E-state index contributed by atoms with van der Waals surface area (Å²) in [7, 11) is 0. The second-order valence-corrected chi connectivity index (χ2v) is 4.54. The van der Waals surface area contributed by atoms with Gasteiger partial charge in [-0.3, -0.25) is 10.1 Å². The molecule has 1 aromatic carbocycles. The third kappa shape index (κ3) is 2.76. The summed E-state index contributed by atoms with van der Waals surface area (Å²) < 4.78 is 0.796. The molecule has 1 aliphatic rings. The number of non-ortho nitro benzene ring substituents is 1. The van der Waals surface area contributed by atoms with E-state index in [4.69, 9.17) is 0 Å². The van der Waals surface area contributed by atoms with Crippen LogP contribution in [0.1, 0.15) is 18.4 Å². The molecule has 0 heterocycles. The molecule has 0 saturated heterocycles. The molecular formula is C10H11BrN2O2. The molecule has 0 amide bonds. The van der Waals surface area contributed by atoms with E-state index in [0.29, 0.717) is 6.04 Å². The van der Waals surface area contributed by atoms with E-state index in [2.05, 4.69) is 21.2 Å². The fraction of sp³-hybridized carbons (Fsp3) is 0.400. The van der Waals surface area contributed by atoms with Crippen molar-refractivity contribution in [1.29, 1.82) is 0 Å². The molecular weight excluding hydrogens is 260 g/mol. The summed E-state index contributed by atoms with van der Waals surface area (Å²) >= 11 is 3.34. The number of nitro benzene ring substituents is 1. The van der Waals surface area contributed by atoms with Gasteiger partial charge in [-0.05, 0) is 24.5 Å². The first-order valence-corrected chi connectivity index (χ1v) is 5.62. The average Bonchev–Trinajstić information content (AvgIpc) is 2.99. The van der Waals surface area contributed by atoms with Gasteiger partial charge in [0.2, 0.25) is 0 Å². The van der Waals surface area contributed by atoms with Crippen molar-refractivity contribution in [3.8, 4) is 0 Å². The Balaban J connectivity index is 2.07. The number of benzene rings is 1. The van der Waals surface area contributed by atoms with Gasteiger partial charge in [-0.2, -0.15) is 0 Å². The highest BCUT2D eigenvalue weighted by atomic mass is 79.9. The molecule has 0 radical (unpaired) electrons. The summed E-state index contributed by atoms with van der Waals surface area (Å²) in [5.41, 5.74) is 1.18. The van der Waals surface area contributed by atoms with Crippen molar-refractivity contribution in [2.75, 3.05) is 0 Å². The fourth-order valence-corrected chi connectivity index (χ4v) is 1.84. The maximum Gasteiger partial charge on any atom is 0.270 e. The Hall–Kier alpha value is -0.940. The standard InChI is InChI=1S/C10H11BrN2O2/c11-10-5-9(13(14)15)4-1-7(10)6-12-8-2-3-8/h1,4-5,8,12H,2-3,6H2. The summed E-state index contributed by atoms with van der Waals surface area (Å²) in [5, 5.41) is 13.9. The van der Waals surface area contributed by atoms with Crippen LogP contribution >= 0.6 is 15.9 Å². The minimum atomic E-state index is -0.386. The van der Waals surface area contributed by atoms with Gasteiger partial charge >= 0.3 is 0 Å². The van der Waals surface area contributed by atoms with Crippen LogP contribution in [0.15, 0.2) is 22.7 Å². The Labute approximate surface area is 96.0 Å². The van der Waals surface area contributed by atoms with E-state index in [-0.39, 0.29) is 10.6 Å². The molecule has 0 aromatic heterocycles. The molecule has 0 bridgehead atoms. The quantitative estimate of drug-likeness (QED) is 0.676. The van der Waals surface area contributed by atoms with Crippen LogP contribution in [0, 0.1) is 10.1 Å². The third-order valence-corrected chi connectivity index (χ3v) is 3.14. The van der Waals surface area contributed by atoms with E-state index in [1.54, 1.807) is 12.1 Å². The predicted molar refractivity (Wildman–Crippen MR) is 60.7 cm³/mol. The molecule has 1 aromatic rings. The van der Waals surface area contributed by atoms with Crippen molar-refractivity contribution in [2.24, 2.45) is 0 Å². The van der Waals surface area contributed by atoms with Crippen LogP contribution in [-0.2, 0) is 6.54 Å². The maximum atomic E-state index is 10.5. The second-order valence-electron chi connectivity index (χ2n) is 3.69. The van der Waals surface area contributed by atoms with Crippen LogP contribution in [0.4, 0.5) is 5.69 Å². The van der Waals surface area contributed by atoms with Gasteiger partial charge in [0.25, 0.3) is 5.69 Å². The first-order chi connectivity index (χ1) is 7.16. The van der Waals surface area contributed by atoms with E-state index in [1.165, 1.54) is 18.9 Å². The largest absolute Gasteiger partial charge is 0.310 e. The zero-order valence-corrected chi connectivity index (χ0v) is 9.66. The van der Waals surface area contributed by atoms with Gasteiger partial charge in [-0.15, -0.1) is 0 Å². The van der Waals surface area contributed by atoms with Gasteiger partial charge in [0.15, 0.2) is 0 Å². The lowest BCUT2D eigenvalue weighted by atomic mass is 10.2. The molecule has 0 unspecified atom stereocenters. The Morgan fingerprint density at radius 2 is 2.27 bits per heavy atom. The molecule has 5 heteroatoms. The highest BCUT2D eigenvalue weighted by Gasteiger charge is 2.20. The van der Waals surface area contributed by atoms with E-state index < -0.39 is 0 Å². The van der Waals surface area contributed by atoms with Crippen molar-refractivity contribution < 1.29 is 4.92 Å². The van der Waals surface area contributed by atoms with Gasteiger partial charge < -0.3 is 5.32 Å². The third-order valence-electron chi connectivity index (χ3n) is 2.41. The highest BCUT2D eigenvalue weighted by molar-refractivity contribution is 9.10. The summed E-state index contributed by atoms with van der Waals surface area (Å²) in [6, 6.07) is 5.52. The lowest BCUT2D eigenvalue weighted by molar-refractivity contribution is -0.384. The second kappa shape index (κ2) is 4.28. The van der Waals surface area contributed by atoms with E-state index >= 15 is 0 Å². The molecule has 80 valence electrons. The van der Waals surface area contributed by atoms with Crippen LogP contribution in [-0.4, -0.2) is 11.0 Å². The minimum Gasteiger partial charge on any atom is -0.310 e. The zero-order chi connectivity index (χ0) is 10.8. The SMILES string of the molecule is O=[N+]([O-])c1ccc(CNC2CC2)c(Br)c1.